The number of ether oxygens (including phenoxy) is 2. The van der Waals surface area contributed by atoms with E-state index < -0.39 is 33.9 Å². The molecule has 37 heavy (non-hydrogen) atoms. The van der Waals surface area contributed by atoms with Gasteiger partial charge >= 0.3 is 6.03 Å². The second-order valence-electron chi connectivity index (χ2n) is 8.37. The van der Waals surface area contributed by atoms with Gasteiger partial charge in [-0.05, 0) is 6.08 Å². The number of carbonyl (C=O) groups excluding carboxylic acids is 2. The lowest BCUT2D eigenvalue weighted by molar-refractivity contribution is -0.117. The number of benzene rings is 1. The average molecular weight is 571 g/mol. The van der Waals surface area contributed by atoms with E-state index in [2.05, 4.69) is 27.2 Å². The van der Waals surface area contributed by atoms with Crippen molar-refractivity contribution in [1.29, 1.82) is 0 Å². The summed E-state index contributed by atoms with van der Waals surface area (Å²) in [5, 5.41) is 5.85. The fraction of sp³-hybridized carbons (Fsp3) is 0.364. The van der Waals surface area contributed by atoms with Crippen molar-refractivity contribution in [2.45, 2.75) is 18.6 Å². The normalized spacial score (nSPS) is 20.3. The van der Waals surface area contributed by atoms with E-state index in [0.29, 0.717) is 11.4 Å². The Morgan fingerprint density at radius 1 is 1.19 bits per heavy atom. The summed E-state index contributed by atoms with van der Waals surface area (Å²) in [7, 11) is 0.995. The van der Waals surface area contributed by atoms with Crippen LogP contribution < -0.4 is 29.9 Å². The SMILES string of the molecule is C=CC(=O)N[C@H]1CS(=O)(=O)CC1Nc1ncc2c(n1)N(C)C(=O)N(c1c(Cl)c(OC)cc(OC)c1Cl)C2. The molecule has 198 valence electrons. The average Bonchev–Trinajstić information content (AvgIpc) is 3.14. The zero-order valence-electron chi connectivity index (χ0n) is 20.1. The Kier molecular flexibility index (Phi) is 7.40. The Hall–Kier alpha value is -3.29. The summed E-state index contributed by atoms with van der Waals surface area (Å²) < 4.78 is 35.0. The molecule has 1 fully saturated rings. The van der Waals surface area contributed by atoms with Gasteiger partial charge in [-0.15, -0.1) is 0 Å². The van der Waals surface area contributed by atoms with Crippen LogP contribution in [0.1, 0.15) is 5.56 Å². The van der Waals surface area contributed by atoms with E-state index in [4.69, 9.17) is 32.7 Å². The molecule has 3 heterocycles. The van der Waals surface area contributed by atoms with Gasteiger partial charge in [0.2, 0.25) is 11.9 Å². The number of urea groups is 1. The molecule has 1 aromatic heterocycles. The van der Waals surface area contributed by atoms with Crippen molar-refractivity contribution in [1.82, 2.24) is 15.3 Å². The molecule has 2 atom stereocenters. The third-order valence-corrected chi connectivity index (χ3v) is 8.47. The Balaban J connectivity index is 1.64. The molecule has 12 nitrogen and oxygen atoms in total. The molecule has 2 aliphatic heterocycles. The number of fused-ring (bicyclic) bond motifs is 1. The molecular weight excluding hydrogens is 547 g/mol. The summed E-state index contributed by atoms with van der Waals surface area (Å²) in [6.07, 6.45) is 2.58. The zero-order chi connectivity index (χ0) is 27.1. The van der Waals surface area contributed by atoms with Crippen LogP contribution in [0, 0.1) is 0 Å². The number of nitrogens with zero attached hydrogens (tertiary/aromatic N) is 4. The monoisotopic (exact) mass is 570 g/mol. The van der Waals surface area contributed by atoms with Gasteiger partial charge in [-0.1, -0.05) is 29.8 Å². The highest BCUT2D eigenvalue weighted by Gasteiger charge is 2.39. The van der Waals surface area contributed by atoms with Gasteiger partial charge in [-0.2, -0.15) is 4.98 Å². The van der Waals surface area contributed by atoms with Crippen molar-refractivity contribution in [2.75, 3.05) is 47.9 Å². The molecule has 0 aliphatic carbocycles. The number of hydrogen-bond acceptors (Lipinski definition) is 9. The molecule has 2 N–H and O–H groups in total. The van der Waals surface area contributed by atoms with Crippen molar-refractivity contribution in [3.8, 4) is 11.5 Å². The molecule has 2 aliphatic rings. The molecule has 0 saturated carbocycles. The lowest BCUT2D eigenvalue weighted by Crippen LogP contribution is -2.47. The highest BCUT2D eigenvalue weighted by atomic mass is 35.5. The first kappa shape index (κ1) is 26.8. The van der Waals surface area contributed by atoms with Gasteiger partial charge in [-0.25, -0.2) is 18.2 Å². The number of sulfone groups is 1. The number of hydrogen-bond donors (Lipinski definition) is 2. The summed E-state index contributed by atoms with van der Waals surface area (Å²) in [6, 6.07) is -0.321. The first-order valence-corrected chi connectivity index (χ1v) is 13.5. The number of amides is 3. The van der Waals surface area contributed by atoms with Crippen LogP contribution in [-0.2, 0) is 21.2 Å². The third-order valence-electron chi connectivity index (χ3n) is 6.01. The highest BCUT2D eigenvalue weighted by Crippen LogP contribution is 2.47. The van der Waals surface area contributed by atoms with Crippen LogP contribution in [0.25, 0.3) is 0 Å². The third kappa shape index (κ3) is 5.11. The van der Waals surface area contributed by atoms with Crippen molar-refractivity contribution in [2.24, 2.45) is 0 Å². The van der Waals surface area contributed by atoms with E-state index in [1.54, 1.807) is 0 Å². The Bertz CT molecular complexity index is 1360. The molecule has 1 aromatic carbocycles. The van der Waals surface area contributed by atoms with Crippen LogP contribution >= 0.6 is 23.2 Å². The van der Waals surface area contributed by atoms with E-state index in [-0.39, 0.29) is 51.2 Å². The summed E-state index contributed by atoms with van der Waals surface area (Å²) in [4.78, 5) is 36.5. The van der Waals surface area contributed by atoms with E-state index in [1.807, 2.05) is 0 Å². The Labute approximate surface area is 223 Å². The molecule has 0 spiro atoms. The minimum atomic E-state index is -3.40. The number of carbonyl (C=O) groups is 2. The van der Waals surface area contributed by atoms with Crippen molar-refractivity contribution in [3.63, 3.8) is 0 Å². The van der Waals surface area contributed by atoms with Crippen LogP contribution in [-0.4, -0.2) is 75.2 Å². The Morgan fingerprint density at radius 3 is 2.41 bits per heavy atom. The predicted octanol–water partition coefficient (Wildman–Crippen LogP) is 2.26. The van der Waals surface area contributed by atoms with Gasteiger partial charge in [0.25, 0.3) is 0 Å². The summed E-state index contributed by atoms with van der Waals surface area (Å²) in [5.41, 5.74) is 0.790. The van der Waals surface area contributed by atoms with E-state index in [0.717, 1.165) is 6.08 Å². The van der Waals surface area contributed by atoms with Crippen LogP contribution in [0.15, 0.2) is 24.9 Å². The molecule has 0 bridgehead atoms. The maximum atomic E-state index is 13.4. The van der Waals surface area contributed by atoms with Gasteiger partial charge in [0.05, 0.1) is 50.0 Å². The lowest BCUT2D eigenvalue weighted by atomic mass is 10.1. The summed E-state index contributed by atoms with van der Waals surface area (Å²) >= 11 is 13.0. The quantitative estimate of drug-likeness (QED) is 0.479. The smallest absolute Gasteiger partial charge is 0.330 e. The molecule has 1 unspecified atom stereocenters. The standard InChI is InChI=1S/C22H24Cl2N6O6S/c1-5-16(31)26-12-9-37(33,34)10-13(12)27-21-25-7-11-8-30(22(32)29(2)20(11)28-21)19-17(23)14(35-3)6-15(36-4)18(19)24/h5-7,12-13H,1,8-10H2,2-4H3,(H,26,31)(H,25,27,28)/t12-,13?/m0/s1. The fourth-order valence-electron chi connectivity index (χ4n) is 4.20. The van der Waals surface area contributed by atoms with Crippen molar-refractivity contribution < 1.29 is 27.5 Å². The Morgan fingerprint density at radius 2 is 1.81 bits per heavy atom. The lowest BCUT2D eigenvalue weighted by Gasteiger charge is -2.35. The van der Waals surface area contributed by atoms with Gasteiger partial charge in [0.1, 0.15) is 27.4 Å². The van der Waals surface area contributed by atoms with E-state index in [1.165, 1.54) is 43.3 Å². The predicted molar refractivity (Wildman–Crippen MR) is 140 cm³/mol. The maximum Gasteiger partial charge on any atom is 0.330 e. The van der Waals surface area contributed by atoms with Crippen LogP contribution in [0.4, 0.5) is 22.2 Å². The number of anilines is 3. The molecule has 4 rings (SSSR count). The number of halogens is 2. The largest absolute Gasteiger partial charge is 0.495 e. The topological polar surface area (TPSA) is 143 Å². The van der Waals surface area contributed by atoms with Crippen LogP contribution in [0.5, 0.6) is 11.5 Å². The van der Waals surface area contributed by atoms with Gasteiger partial charge in [-0.3, -0.25) is 14.6 Å². The summed E-state index contributed by atoms with van der Waals surface area (Å²) in [6.45, 7) is 3.44. The van der Waals surface area contributed by atoms with Crippen molar-refractivity contribution in [3.05, 3.63) is 40.5 Å². The first-order valence-electron chi connectivity index (χ1n) is 10.9. The number of methoxy groups -OCH3 is 2. The number of nitrogens with one attached hydrogen (secondary N) is 2. The van der Waals surface area contributed by atoms with E-state index >= 15 is 0 Å². The molecule has 1 saturated heterocycles. The van der Waals surface area contributed by atoms with Crippen LogP contribution in [0.2, 0.25) is 10.0 Å². The zero-order valence-corrected chi connectivity index (χ0v) is 22.4. The molecule has 2 aromatic rings. The molecule has 15 heteroatoms. The first-order chi connectivity index (χ1) is 17.5. The molecular formula is C22H24Cl2N6O6S. The fourth-order valence-corrected chi connectivity index (χ4v) is 6.77. The van der Waals surface area contributed by atoms with Crippen LogP contribution in [0.3, 0.4) is 0 Å². The molecule has 0 radical (unpaired) electrons. The number of rotatable bonds is 7. The minimum Gasteiger partial charge on any atom is -0.495 e. The number of aromatic nitrogens is 2. The van der Waals surface area contributed by atoms with Crippen molar-refractivity contribution >= 4 is 62.4 Å². The van der Waals surface area contributed by atoms with Gasteiger partial charge in [0, 0.05) is 24.9 Å². The second-order valence-corrected chi connectivity index (χ2v) is 11.3. The second kappa shape index (κ2) is 10.2. The summed E-state index contributed by atoms with van der Waals surface area (Å²) in [5.74, 6) is 0.0384. The maximum absolute atomic E-state index is 13.4. The minimum absolute atomic E-state index is 0.0460. The van der Waals surface area contributed by atoms with Gasteiger partial charge < -0.3 is 20.1 Å². The molecule has 3 amide bonds. The highest BCUT2D eigenvalue weighted by molar-refractivity contribution is 7.91. The van der Waals surface area contributed by atoms with Gasteiger partial charge in [0.15, 0.2) is 9.84 Å². The van der Waals surface area contributed by atoms with E-state index in [9.17, 15) is 18.0 Å².